The Hall–Kier alpha value is -3.04. The summed E-state index contributed by atoms with van der Waals surface area (Å²) in [5.41, 5.74) is 1.16. The summed E-state index contributed by atoms with van der Waals surface area (Å²) in [5, 5.41) is 9.81. The maximum atomic E-state index is 13.7. The molecule has 0 aliphatic carbocycles. The first-order chi connectivity index (χ1) is 16.0. The van der Waals surface area contributed by atoms with Crippen LogP contribution in [0.3, 0.4) is 0 Å². The lowest BCUT2D eigenvalue weighted by Crippen LogP contribution is -2.29. The molecule has 1 unspecified atom stereocenters. The number of anilines is 1. The summed E-state index contributed by atoms with van der Waals surface area (Å²) in [5.74, 6) is 0.304. The molecule has 2 aromatic carbocycles. The molecule has 0 N–H and O–H groups in total. The molecule has 0 saturated heterocycles. The minimum Gasteiger partial charge on any atom is -0.494 e. The van der Waals surface area contributed by atoms with Crippen molar-refractivity contribution < 1.29 is 13.9 Å². The number of carbonyl (C=O) groups excluding carboxylic acids is 1. The van der Waals surface area contributed by atoms with Crippen LogP contribution in [-0.4, -0.2) is 22.7 Å². The zero-order valence-corrected chi connectivity index (χ0v) is 20.4. The molecule has 5 rings (SSSR count). The van der Waals surface area contributed by atoms with Gasteiger partial charge in [-0.05, 0) is 49.2 Å². The van der Waals surface area contributed by atoms with E-state index >= 15 is 0 Å². The van der Waals surface area contributed by atoms with Gasteiger partial charge in [-0.3, -0.25) is 14.5 Å². The van der Waals surface area contributed by atoms with Crippen LogP contribution in [0, 0.1) is 6.92 Å². The number of carbonyl (C=O) groups is 1. The fourth-order valence-electron chi connectivity index (χ4n) is 3.95. The highest BCUT2D eigenvalue weighted by molar-refractivity contribution is 9.10. The number of ether oxygens (including phenoxy) is 1. The van der Waals surface area contributed by atoms with E-state index in [1.165, 1.54) is 16.2 Å². The Bertz CT molecular complexity index is 1430. The van der Waals surface area contributed by atoms with Gasteiger partial charge in [0.15, 0.2) is 5.43 Å². The van der Waals surface area contributed by atoms with Gasteiger partial charge in [0, 0.05) is 4.47 Å². The lowest BCUT2D eigenvalue weighted by atomic mass is 9.98. The van der Waals surface area contributed by atoms with Crippen molar-refractivity contribution in [2.75, 3.05) is 11.5 Å². The highest BCUT2D eigenvalue weighted by Gasteiger charge is 2.45. The first-order valence-electron chi connectivity index (χ1n) is 10.6. The van der Waals surface area contributed by atoms with E-state index in [9.17, 15) is 9.59 Å². The Kier molecular flexibility index (Phi) is 5.76. The summed E-state index contributed by atoms with van der Waals surface area (Å²) in [6.45, 7) is 4.52. The second-order valence-corrected chi connectivity index (χ2v) is 9.85. The van der Waals surface area contributed by atoms with E-state index in [0.29, 0.717) is 34.0 Å². The number of hydrogen-bond donors (Lipinski definition) is 0. The minimum atomic E-state index is -0.700. The fourth-order valence-corrected chi connectivity index (χ4v) is 5.03. The number of amides is 1. The summed E-state index contributed by atoms with van der Waals surface area (Å²) >= 11 is 4.71. The van der Waals surface area contributed by atoms with Crippen LogP contribution in [0.4, 0.5) is 5.13 Å². The molecule has 0 spiro atoms. The van der Waals surface area contributed by atoms with Crippen LogP contribution in [0.5, 0.6) is 5.75 Å². The lowest BCUT2D eigenvalue weighted by molar-refractivity contribution is 0.0970. The molecule has 0 bridgehead atoms. The summed E-state index contributed by atoms with van der Waals surface area (Å²) < 4.78 is 12.6. The summed E-state index contributed by atoms with van der Waals surface area (Å²) in [7, 11) is 0. The summed E-state index contributed by atoms with van der Waals surface area (Å²) in [6, 6.07) is 12.0. The van der Waals surface area contributed by atoms with E-state index in [1.807, 2.05) is 31.2 Å². The average molecular weight is 526 g/mol. The lowest BCUT2D eigenvalue weighted by Gasteiger charge is -2.22. The number of fused-ring (bicyclic) bond motifs is 2. The van der Waals surface area contributed by atoms with Gasteiger partial charge in [-0.25, -0.2) is 0 Å². The number of aromatic nitrogens is 2. The Morgan fingerprint density at radius 1 is 1.18 bits per heavy atom. The molecule has 0 radical (unpaired) electrons. The largest absolute Gasteiger partial charge is 0.494 e. The highest BCUT2D eigenvalue weighted by atomic mass is 79.9. The monoisotopic (exact) mass is 525 g/mol. The Balaban J connectivity index is 1.71. The van der Waals surface area contributed by atoms with Gasteiger partial charge < -0.3 is 9.15 Å². The van der Waals surface area contributed by atoms with Crippen molar-refractivity contribution in [3.8, 4) is 5.75 Å². The first-order valence-corrected chi connectivity index (χ1v) is 12.2. The molecular weight excluding hydrogens is 506 g/mol. The first kappa shape index (κ1) is 21.8. The van der Waals surface area contributed by atoms with Crippen molar-refractivity contribution in [1.82, 2.24) is 10.2 Å². The average Bonchev–Trinajstić information content (AvgIpc) is 3.36. The van der Waals surface area contributed by atoms with Crippen LogP contribution in [-0.2, 0) is 0 Å². The van der Waals surface area contributed by atoms with Crippen LogP contribution in [0.2, 0.25) is 0 Å². The van der Waals surface area contributed by atoms with Crippen molar-refractivity contribution >= 4 is 49.3 Å². The molecule has 1 aliphatic heterocycles. The molecule has 1 aliphatic rings. The number of benzene rings is 2. The topological polar surface area (TPSA) is 85.5 Å². The summed E-state index contributed by atoms with van der Waals surface area (Å²) in [6.07, 6.45) is 1.97. The van der Waals surface area contributed by atoms with E-state index in [1.54, 1.807) is 18.2 Å². The number of unbranched alkanes of at least 4 members (excludes halogenated alkanes) is 1. The third-order valence-corrected chi connectivity index (χ3v) is 6.83. The van der Waals surface area contributed by atoms with Gasteiger partial charge in [-0.1, -0.05) is 52.7 Å². The van der Waals surface area contributed by atoms with Crippen LogP contribution < -0.4 is 15.1 Å². The Morgan fingerprint density at radius 2 is 2.03 bits per heavy atom. The maximum Gasteiger partial charge on any atom is 0.297 e. The van der Waals surface area contributed by atoms with E-state index < -0.39 is 11.9 Å². The van der Waals surface area contributed by atoms with Crippen molar-refractivity contribution in [2.24, 2.45) is 0 Å². The Labute approximate surface area is 202 Å². The third-order valence-electron chi connectivity index (χ3n) is 5.49. The number of nitrogens with zero attached hydrogens (tertiary/aromatic N) is 3. The standard InChI is InChI=1S/C24H20BrN3O4S/c1-3-4-10-31-16-7-5-6-14(11-16)20-19-21(29)17-12-15(25)8-9-18(17)32-22(19)23(30)28(20)24-27-26-13(2)33-24/h5-9,11-12,20H,3-4,10H2,1-2H3. The molecule has 2 aromatic heterocycles. The van der Waals surface area contributed by atoms with Gasteiger partial charge in [0.25, 0.3) is 5.91 Å². The van der Waals surface area contributed by atoms with E-state index in [2.05, 4.69) is 33.1 Å². The number of aryl methyl sites for hydroxylation is 1. The molecule has 0 fully saturated rings. The summed E-state index contributed by atoms with van der Waals surface area (Å²) in [4.78, 5) is 28.7. The van der Waals surface area contributed by atoms with Crippen molar-refractivity contribution in [3.63, 3.8) is 0 Å². The van der Waals surface area contributed by atoms with Crippen LogP contribution in [0.1, 0.15) is 52.5 Å². The van der Waals surface area contributed by atoms with Gasteiger partial charge in [0.2, 0.25) is 10.9 Å². The number of halogens is 1. The van der Waals surface area contributed by atoms with Crippen LogP contribution >= 0.6 is 27.3 Å². The van der Waals surface area contributed by atoms with Crippen molar-refractivity contribution in [3.05, 3.63) is 79.1 Å². The molecule has 3 heterocycles. The molecule has 9 heteroatoms. The van der Waals surface area contributed by atoms with Gasteiger partial charge in [-0.2, -0.15) is 0 Å². The normalized spacial score (nSPS) is 15.3. The van der Waals surface area contributed by atoms with Crippen LogP contribution in [0.15, 0.2) is 56.1 Å². The smallest absolute Gasteiger partial charge is 0.297 e. The second kappa shape index (κ2) is 8.72. The predicted octanol–water partition coefficient (Wildman–Crippen LogP) is 5.64. The quantitative estimate of drug-likeness (QED) is 0.302. The maximum absolute atomic E-state index is 13.7. The zero-order chi connectivity index (χ0) is 23.1. The molecule has 1 atom stereocenters. The molecule has 4 aromatic rings. The van der Waals surface area contributed by atoms with Gasteiger partial charge >= 0.3 is 0 Å². The molecule has 168 valence electrons. The van der Waals surface area contributed by atoms with Crippen LogP contribution in [0.25, 0.3) is 11.0 Å². The fraction of sp³-hybridized carbons (Fsp3) is 0.250. The molecule has 7 nitrogen and oxygen atoms in total. The number of hydrogen-bond acceptors (Lipinski definition) is 7. The van der Waals surface area contributed by atoms with E-state index in [-0.39, 0.29) is 11.2 Å². The van der Waals surface area contributed by atoms with Gasteiger partial charge in [-0.15, -0.1) is 10.2 Å². The zero-order valence-electron chi connectivity index (χ0n) is 18.0. The van der Waals surface area contributed by atoms with E-state index in [0.717, 1.165) is 27.9 Å². The van der Waals surface area contributed by atoms with Crippen molar-refractivity contribution in [2.45, 2.75) is 32.7 Å². The van der Waals surface area contributed by atoms with E-state index in [4.69, 9.17) is 9.15 Å². The predicted molar refractivity (Wildman–Crippen MR) is 130 cm³/mol. The number of rotatable bonds is 6. The van der Waals surface area contributed by atoms with Crippen molar-refractivity contribution in [1.29, 1.82) is 0 Å². The third kappa shape index (κ3) is 3.85. The van der Waals surface area contributed by atoms with Gasteiger partial charge in [0.1, 0.15) is 16.3 Å². The molecule has 0 saturated carbocycles. The molecule has 1 amide bonds. The second-order valence-electron chi connectivity index (χ2n) is 7.77. The Morgan fingerprint density at radius 3 is 2.79 bits per heavy atom. The molecule has 33 heavy (non-hydrogen) atoms. The molecular formula is C24H20BrN3O4S. The highest BCUT2D eigenvalue weighted by Crippen LogP contribution is 2.42. The minimum absolute atomic E-state index is 0.0324. The van der Waals surface area contributed by atoms with Gasteiger partial charge in [0.05, 0.1) is 23.6 Å². The SMILES string of the molecule is CCCCOc1cccc(C2c3c(oc4ccc(Br)cc4c3=O)C(=O)N2c2nnc(C)s2)c1.